The Balaban J connectivity index is 1.99. The molecule has 2 aromatic carbocycles. The van der Waals surface area contributed by atoms with Crippen molar-refractivity contribution in [3.63, 3.8) is 0 Å². The van der Waals surface area contributed by atoms with Crippen molar-refractivity contribution in [2.24, 2.45) is 0 Å². The Morgan fingerprint density at radius 3 is 2.27 bits per heavy atom. The highest BCUT2D eigenvalue weighted by Crippen LogP contribution is 2.16. The summed E-state index contributed by atoms with van der Waals surface area (Å²) in [6.45, 7) is 1.12. The van der Waals surface area contributed by atoms with Crippen LogP contribution >= 0.6 is 0 Å². The lowest BCUT2D eigenvalue weighted by atomic mass is 10.1. The van der Waals surface area contributed by atoms with E-state index in [1.54, 1.807) is 31.4 Å². The lowest BCUT2D eigenvalue weighted by molar-refractivity contribution is 0.0948. The third-order valence-corrected chi connectivity index (χ3v) is 3.84. The molecule has 2 aromatic rings. The number of nitrogens with zero attached hydrogens (tertiary/aromatic N) is 1. The zero-order chi connectivity index (χ0) is 18.9. The summed E-state index contributed by atoms with van der Waals surface area (Å²) < 4.78 is 4.95. The fourth-order valence-corrected chi connectivity index (χ4v) is 2.37. The topological polar surface area (TPSA) is 70.7 Å². The van der Waals surface area contributed by atoms with Gasteiger partial charge in [-0.2, -0.15) is 0 Å². The van der Waals surface area contributed by atoms with Gasteiger partial charge in [0.15, 0.2) is 0 Å². The van der Waals surface area contributed by atoms with Crippen LogP contribution in [0.2, 0.25) is 0 Å². The van der Waals surface area contributed by atoms with Crippen LogP contribution in [-0.4, -0.2) is 46.2 Å². The minimum atomic E-state index is -0.253. The van der Waals surface area contributed by atoms with Crippen LogP contribution in [0.4, 0.5) is 11.4 Å². The summed E-state index contributed by atoms with van der Waals surface area (Å²) in [7, 11) is 5.54. The van der Waals surface area contributed by atoms with Crippen LogP contribution < -0.4 is 15.5 Å². The zero-order valence-electron chi connectivity index (χ0n) is 15.4. The Kier molecular flexibility index (Phi) is 7.17. The third kappa shape index (κ3) is 5.60. The van der Waals surface area contributed by atoms with Crippen LogP contribution in [0.1, 0.15) is 27.1 Å². The molecule has 6 heteroatoms. The van der Waals surface area contributed by atoms with Crippen molar-refractivity contribution in [3.8, 4) is 0 Å². The van der Waals surface area contributed by atoms with Crippen LogP contribution in [0.3, 0.4) is 0 Å². The standard InChI is InChI=1S/C20H25N3O3/c1-23(2)18-10-8-17(9-11-18)22-20(25)16-7-4-6-15(14-16)19(24)21-12-5-13-26-3/h4,6-11,14H,5,12-13H2,1-3H3,(H,21,24)(H,22,25). The van der Waals surface area contributed by atoms with Crippen molar-refractivity contribution in [3.05, 3.63) is 59.7 Å². The molecule has 0 bridgehead atoms. The molecule has 0 aliphatic carbocycles. The number of amides is 2. The molecule has 0 saturated carbocycles. The quantitative estimate of drug-likeness (QED) is 0.715. The van der Waals surface area contributed by atoms with E-state index < -0.39 is 0 Å². The van der Waals surface area contributed by atoms with E-state index in [4.69, 9.17) is 4.74 Å². The Hall–Kier alpha value is -2.86. The second-order valence-corrected chi connectivity index (χ2v) is 6.08. The first-order valence-corrected chi connectivity index (χ1v) is 8.47. The molecule has 2 N–H and O–H groups in total. The number of benzene rings is 2. The van der Waals surface area contributed by atoms with Gasteiger partial charge in [0, 0.05) is 56.9 Å². The molecule has 6 nitrogen and oxygen atoms in total. The Labute approximate surface area is 154 Å². The average molecular weight is 355 g/mol. The van der Waals surface area contributed by atoms with E-state index in [1.807, 2.05) is 43.3 Å². The average Bonchev–Trinajstić information content (AvgIpc) is 2.65. The fourth-order valence-electron chi connectivity index (χ4n) is 2.37. The first-order valence-electron chi connectivity index (χ1n) is 8.47. The number of ether oxygens (including phenoxy) is 1. The maximum Gasteiger partial charge on any atom is 0.255 e. The van der Waals surface area contributed by atoms with E-state index in [0.29, 0.717) is 30.0 Å². The second-order valence-electron chi connectivity index (χ2n) is 6.08. The summed E-state index contributed by atoms with van der Waals surface area (Å²) in [5.41, 5.74) is 2.65. The molecular weight excluding hydrogens is 330 g/mol. The molecule has 2 rings (SSSR count). The number of methoxy groups -OCH3 is 1. The van der Waals surface area contributed by atoms with Gasteiger partial charge in [-0.05, 0) is 48.9 Å². The minimum Gasteiger partial charge on any atom is -0.385 e. The number of hydrogen-bond donors (Lipinski definition) is 2. The van der Waals surface area contributed by atoms with E-state index >= 15 is 0 Å². The van der Waals surface area contributed by atoms with Gasteiger partial charge in [0.2, 0.25) is 0 Å². The van der Waals surface area contributed by atoms with Crippen LogP contribution in [0.5, 0.6) is 0 Å². The second kappa shape index (κ2) is 9.58. The van der Waals surface area contributed by atoms with E-state index in [2.05, 4.69) is 10.6 Å². The van der Waals surface area contributed by atoms with Crippen molar-refractivity contribution >= 4 is 23.2 Å². The maximum atomic E-state index is 12.4. The van der Waals surface area contributed by atoms with Crippen LogP contribution in [0, 0.1) is 0 Å². The summed E-state index contributed by atoms with van der Waals surface area (Å²) in [4.78, 5) is 26.6. The molecule has 0 fully saturated rings. The van der Waals surface area contributed by atoms with Gasteiger partial charge in [-0.15, -0.1) is 0 Å². The largest absolute Gasteiger partial charge is 0.385 e. The van der Waals surface area contributed by atoms with Crippen LogP contribution in [0.25, 0.3) is 0 Å². The predicted molar refractivity (Wildman–Crippen MR) is 104 cm³/mol. The first kappa shape index (κ1) is 19.5. The highest BCUT2D eigenvalue weighted by molar-refractivity contribution is 6.06. The molecule has 0 aliphatic rings. The molecule has 0 aromatic heterocycles. The van der Waals surface area contributed by atoms with Crippen molar-refractivity contribution < 1.29 is 14.3 Å². The smallest absolute Gasteiger partial charge is 0.255 e. The van der Waals surface area contributed by atoms with E-state index in [0.717, 1.165) is 12.1 Å². The van der Waals surface area contributed by atoms with Gasteiger partial charge in [-0.3, -0.25) is 9.59 Å². The number of anilines is 2. The molecule has 0 spiro atoms. The summed E-state index contributed by atoms with van der Waals surface area (Å²) >= 11 is 0. The van der Waals surface area contributed by atoms with Gasteiger partial charge >= 0.3 is 0 Å². The van der Waals surface area contributed by atoms with Crippen molar-refractivity contribution in [2.75, 3.05) is 44.6 Å². The molecule has 0 heterocycles. The summed E-state index contributed by atoms with van der Waals surface area (Å²) in [6, 6.07) is 14.2. The van der Waals surface area contributed by atoms with Crippen LogP contribution in [0.15, 0.2) is 48.5 Å². The van der Waals surface area contributed by atoms with Gasteiger partial charge in [-0.1, -0.05) is 6.07 Å². The zero-order valence-corrected chi connectivity index (χ0v) is 15.4. The normalized spacial score (nSPS) is 10.3. The van der Waals surface area contributed by atoms with E-state index in [-0.39, 0.29) is 11.8 Å². The predicted octanol–water partition coefficient (Wildman–Crippen LogP) is 2.77. The van der Waals surface area contributed by atoms with Crippen molar-refractivity contribution in [2.45, 2.75) is 6.42 Å². The lowest BCUT2D eigenvalue weighted by Gasteiger charge is -2.13. The Morgan fingerprint density at radius 2 is 1.65 bits per heavy atom. The fraction of sp³-hybridized carbons (Fsp3) is 0.300. The van der Waals surface area contributed by atoms with Crippen LogP contribution in [-0.2, 0) is 4.74 Å². The monoisotopic (exact) mass is 355 g/mol. The van der Waals surface area contributed by atoms with Gasteiger partial charge in [0.1, 0.15) is 0 Å². The van der Waals surface area contributed by atoms with Gasteiger partial charge in [0.25, 0.3) is 11.8 Å². The van der Waals surface area contributed by atoms with Gasteiger partial charge in [-0.25, -0.2) is 0 Å². The SMILES string of the molecule is COCCCNC(=O)c1cccc(C(=O)Nc2ccc(N(C)C)cc2)c1. The lowest BCUT2D eigenvalue weighted by Crippen LogP contribution is -2.25. The number of carbonyl (C=O) groups excluding carboxylic acids is 2. The first-order chi connectivity index (χ1) is 12.5. The molecule has 0 unspecified atom stereocenters. The summed E-state index contributed by atoms with van der Waals surface area (Å²) in [6.07, 6.45) is 0.741. The van der Waals surface area contributed by atoms with Crippen molar-refractivity contribution in [1.29, 1.82) is 0 Å². The molecular formula is C20H25N3O3. The highest BCUT2D eigenvalue weighted by atomic mass is 16.5. The Morgan fingerprint density at radius 1 is 1.00 bits per heavy atom. The molecule has 2 amide bonds. The van der Waals surface area contributed by atoms with E-state index in [9.17, 15) is 9.59 Å². The van der Waals surface area contributed by atoms with Gasteiger partial charge < -0.3 is 20.3 Å². The minimum absolute atomic E-state index is 0.203. The third-order valence-electron chi connectivity index (χ3n) is 3.84. The molecule has 138 valence electrons. The molecule has 0 aliphatic heterocycles. The van der Waals surface area contributed by atoms with E-state index in [1.165, 1.54) is 0 Å². The molecule has 0 radical (unpaired) electrons. The summed E-state index contributed by atoms with van der Waals surface area (Å²) in [5, 5.41) is 5.66. The van der Waals surface area contributed by atoms with Crippen molar-refractivity contribution in [1.82, 2.24) is 5.32 Å². The van der Waals surface area contributed by atoms with Gasteiger partial charge in [0.05, 0.1) is 0 Å². The maximum absolute atomic E-state index is 12.4. The molecule has 0 saturated heterocycles. The Bertz CT molecular complexity index is 742. The number of rotatable bonds is 8. The summed E-state index contributed by atoms with van der Waals surface area (Å²) in [5.74, 6) is -0.456. The number of nitrogens with one attached hydrogen (secondary N) is 2. The number of hydrogen-bond acceptors (Lipinski definition) is 4. The number of carbonyl (C=O) groups is 2. The highest BCUT2D eigenvalue weighted by Gasteiger charge is 2.10. The molecule has 0 atom stereocenters. The molecule has 26 heavy (non-hydrogen) atoms.